The molecule has 6 aromatic carbocycles. The summed E-state index contributed by atoms with van der Waals surface area (Å²) in [4.78, 5) is 4.78. The first-order chi connectivity index (χ1) is 22.0. The number of halogens is 1. The van der Waals surface area contributed by atoms with Gasteiger partial charge in [0.1, 0.15) is 0 Å². The van der Waals surface area contributed by atoms with Gasteiger partial charge >= 0.3 is 0 Å². The van der Waals surface area contributed by atoms with Gasteiger partial charge in [0.15, 0.2) is 0 Å². The van der Waals surface area contributed by atoms with Gasteiger partial charge in [-0.2, -0.15) is 0 Å². The Labute approximate surface area is 302 Å². The average molecular weight is 846 g/mol. The molecule has 0 bridgehead atoms. The Morgan fingerprint density at radius 2 is 1.04 bits per heavy atom. The van der Waals surface area contributed by atoms with E-state index in [0.717, 1.165) is 40.4 Å². The quantitative estimate of drug-likeness (QED) is 0.100. The molecule has 0 spiro atoms. The van der Waals surface area contributed by atoms with Crippen LogP contribution >= 0.6 is 11.6 Å². The van der Waals surface area contributed by atoms with Crippen LogP contribution in [-0.2, 0) is 0 Å². The standard InChI is InChI=1S/C42H40ClN2.U/c1-5-7-21-45(22-8-6-2)41-20-18-33(35-24-29-14-10-12-16-31(29)26-37(35)41)39-27-38(42(39)43)32-17-19-40(44(3)4)36-25-30-15-11-9-13-28(30)23-34(32)36;/h9-20,23-26H,5-8,21-22H2,1-4H3;/q-1;. The molecule has 4 heteroatoms. The molecular formula is C42H40ClN2U-. The van der Waals surface area contributed by atoms with Crippen LogP contribution in [-0.4, -0.2) is 27.2 Å². The van der Waals surface area contributed by atoms with Crippen molar-refractivity contribution in [3.8, 4) is 0 Å². The molecule has 0 heterocycles. The van der Waals surface area contributed by atoms with E-state index >= 15 is 0 Å². The summed E-state index contributed by atoms with van der Waals surface area (Å²) in [5, 5.41) is 10.7. The van der Waals surface area contributed by atoms with Crippen LogP contribution in [0.1, 0.15) is 50.7 Å². The number of allylic oxidation sites excluding steroid dienone is 4. The molecule has 0 N–H and O–H groups in total. The van der Waals surface area contributed by atoms with Gasteiger partial charge in [0, 0.05) is 69.7 Å². The molecule has 1 aliphatic rings. The van der Waals surface area contributed by atoms with Gasteiger partial charge in [0.05, 0.1) is 0 Å². The summed E-state index contributed by atoms with van der Waals surface area (Å²) in [6.07, 6.45) is 8.50. The number of anilines is 2. The smallest absolute Gasteiger partial charge is 0.0433 e. The maximum Gasteiger partial charge on any atom is 0.0433 e. The average Bonchev–Trinajstić information content (AvgIpc) is 3.06. The fraction of sp³-hybridized carbons (Fsp3) is 0.238. The van der Waals surface area contributed by atoms with Crippen molar-refractivity contribution < 1.29 is 31.1 Å². The number of unbranched alkanes of at least 4 members (excludes halogenated alkanes) is 2. The number of fused-ring (bicyclic) bond motifs is 4. The van der Waals surface area contributed by atoms with Crippen molar-refractivity contribution in [1.82, 2.24) is 0 Å². The Bertz CT molecular complexity index is 2130. The van der Waals surface area contributed by atoms with Gasteiger partial charge in [-0.05, 0) is 85.2 Å². The van der Waals surface area contributed by atoms with E-state index in [0.29, 0.717) is 0 Å². The zero-order valence-corrected chi connectivity index (χ0v) is 32.2. The van der Waals surface area contributed by atoms with Crippen molar-refractivity contribution in [3.05, 3.63) is 119 Å². The zero-order valence-electron chi connectivity index (χ0n) is 27.3. The van der Waals surface area contributed by atoms with E-state index in [4.69, 9.17) is 11.6 Å². The number of hydrogen-bond donors (Lipinski definition) is 0. The van der Waals surface area contributed by atoms with Crippen LogP contribution in [0.15, 0.2) is 102 Å². The predicted octanol–water partition coefficient (Wildman–Crippen LogP) is 11.6. The molecular weight excluding hydrogens is 806 g/mol. The summed E-state index contributed by atoms with van der Waals surface area (Å²) in [6.45, 7) is 6.69. The Hall–Kier alpha value is -3.22. The molecule has 1 aliphatic carbocycles. The molecule has 46 heavy (non-hydrogen) atoms. The first kappa shape index (κ1) is 32.7. The van der Waals surface area contributed by atoms with E-state index in [-0.39, 0.29) is 31.1 Å². The first-order valence-electron chi connectivity index (χ1n) is 16.4. The molecule has 0 unspecified atom stereocenters. The van der Waals surface area contributed by atoms with Gasteiger partial charge in [-0.3, -0.25) is 0 Å². The van der Waals surface area contributed by atoms with Crippen molar-refractivity contribution in [2.45, 2.75) is 39.5 Å². The Morgan fingerprint density at radius 1 is 0.587 bits per heavy atom. The number of hydrogen-bond acceptors (Lipinski definition) is 2. The van der Waals surface area contributed by atoms with Gasteiger partial charge in [0.25, 0.3) is 0 Å². The fourth-order valence-electron chi connectivity index (χ4n) is 6.85. The zero-order chi connectivity index (χ0) is 31.1. The maximum atomic E-state index is 7.29. The second-order valence-corrected chi connectivity index (χ2v) is 12.9. The summed E-state index contributed by atoms with van der Waals surface area (Å²) >= 11 is 7.29. The molecule has 0 amide bonds. The third-order valence-electron chi connectivity index (χ3n) is 9.33. The van der Waals surface area contributed by atoms with E-state index in [2.05, 4.69) is 141 Å². The van der Waals surface area contributed by atoms with Gasteiger partial charge in [-0.25, -0.2) is 0 Å². The van der Waals surface area contributed by atoms with Gasteiger partial charge < -0.3 is 9.80 Å². The van der Waals surface area contributed by atoms with Gasteiger partial charge in [0.2, 0.25) is 0 Å². The molecule has 0 radical (unpaired) electrons. The summed E-state index contributed by atoms with van der Waals surface area (Å²) < 4.78 is 0. The van der Waals surface area contributed by atoms with Crippen molar-refractivity contribution in [1.29, 1.82) is 0 Å². The Morgan fingerprint density at radius 3 is 1.54 bits per heavy atom. The van der Waals surface area contributed by atoms with Crippen molar-refractivity contribution in [3.63, 3.8) is 0 Å². The van der Waals surface area contributed by atoms with E-state index < -0.39 is 0 Å². The summed E-state index contributed by atoms with van der Waals surface area (Å²) in [6, 6.07) is 35.6. The Balaban J connectivity index is 0.00000372. The molecule has 0 saturated heterocycles. The molecule has 230 valence electrons. The molecule has 0 fully saturated rings. The van der Waals surface area contributed by atoms with Crippen molar-refractivity contribution in [2.75, 3.05) is 37.0 Å². The van der Waals surface area contributed by atoms with Crippen LogP contribution in [0.5, 0.6) is 0 Å². The normalized spacial score (nSPS) is 12.8. The van der Waals surface area contributed by atoms with E-state index in [1.165, 1.54) is 80.1 Å². The Kier molecular flexibility index (Phi) is 9.86. The minimum absolute atomic E-state index is 0. The number of nitrogens with zero attached hydrogens (tertiary/aromatic N) is 2. The SMILES string of the molecule is CCCCN(CCCC)c1ccc(C2=C(Cl)C(c3ccc(N(C)C)c4cc5ccccc5cc34)=[C-]2)c2cc3ccccc3cc12.[U]. The van der Waals surface area contributed by atoms with Crippen LogP contribution in [0.4, 0.5) is 11.4 Å². The van der Waals surface area contributed by atoms with E-state index in [9.17, 15) is 0 Å². The molecule has 7 rings (SSSR count). The number of benzene rings is 6. The molecule has 6 aromatic rings. The fourth-order valence-corrected chi connectivity index (χ4v) is 7.15. The second-order valence-electron chi connectivity index (χ2n) is 12.5. The van der Waals surface area contributed by atoms with Crippen LogP contribution in [0, 0.1) is 37.2 Å². The molecule has 2 nitrogen and oxygen atoms in total. The van der Waals surface area contributed by atoms with Crippen LogP contribution in [0.3, 0.4) is 0 Å². The largest absolute Gasteiger partial charge is 0.377 e. The number of rotatable bonds is 10. The first-order valence-corrected chi connectivity index (χ1v) is 16.7. The molecule has 0 aliphatic heterocycles. The topological polar surface area (TPSA) is 6.48 Å². The molecule has 0 atom stereocenters. The third kappa shape index (κ3) is 5.88. The van der Waals surface area contributed by atoms with Crippen LogP contribution in [0.25, 0.3) is 54.2 Å². The van der Waals surface area contributed by atoms with E-state index in [1.54, 1.807) is 0 Å². The van der Waals surface area contributed by atoms with E-state index in [1.807, 2.05) is 0 Å². The minimum atomic E-state index is 0. The molecule has 0 aromatic heterocycles. The van der Waals surface area contributed by atoms with Gasteiger partial charge in [-0.1, -0.05) is 122 Å². The summed E-state index contributed by atoms with van der Waals surface area (Å²) in [5.41, 5.74) is 6.79. The van der Waals surface area contributed by atoms with Crippen molar-refractivity contribution >= 4 is 77.2 Å². The summed E-state index contributed by atoms with van der Waals surface area (Å²) in [7, 11) is 4.21. The minimum Gasteiger partial charge on any atom is -0.377 e. The van der Waals surface area contributed by atoms with Gasteiger partial charge in [-0.15, -0.1) is 17.7 Å². The second kappa shape index (κ2) is 13.9. The van der Waals surface area contributed by atoms with Crippen molar-refractivity contribution in [2.24, 2.45) is 0 Å². The summed E-state index contributed by atoms with van der Waals surface area (Å²) in [5.74, 6) is 0. The third-order valence-corrected chi connectivity index (χ3v) is 9.71. The molecule has 0 saturated carbocycles. The van der Waals surface area contributed by atoms with Crippen LogP contribution < -0.4 is 9.80 Å². The van der Waals surface area contributed by atoms with Crippen LogP contribution in [0.2, 0.25) is 0 Å². The maximum absolute atomic E-state index is 7.29. The monoisotopic (exact) mass is 845 g/mol. The predicted molar refractivity (Wildman–Crippen MR) is 199 cm³/mol.